The summed E-state index contributed by atoms with van der Waals surface area (Å²) in [7, 11) is 0. The summed E-state index contributed by atoms with van der Waals surface area (Å²) in [5, 5.41) is 3.01. The second-order valence-corrected chi connectivity index (χ2v) is 7.06. The highest BCUT2D eigenvalue weighted by Gasteiger charge is 2.23. The first-order chi connectivity index (χ1) is 13.7. The molecule has 5 heteroatoms. The molecule has 148 valence electrons. The van der Waals surface area contributed by atoms with E-state index in [9.17, 15) is 9.59 Å². The van der Waals surface area contributed by atoms with Crippen LogP contribution in [0, 0.1) is 0 Å². The Kier molecular flexibility index (Phi) is 7.20. The van der Waals surface area contributed by atoms with Gasteiger partial charge in [0.1, 0.15) is 5.75 Å². The molecule has 0 spiro atoms. The zero-order valence-electron chi connectivity index (χ0n) is 16.4. The van der Waals surface area contributed by atoms with E-state index in [1.54, 1.807) is 24.3 Å². The largest absolute Gasteiger partial charge is 0.484 e. The van der Waals surface area contributed by atoms with E-state index in [2.05, 4.69) is 22.3 Å². The number of nitrogens with one attached hydrogen (secondary N) is 1. The van der Waals surface area contributed by atoms with Crippen LogP contribution < -0.4 is 10.1 Å². The molecule has 3 rings (SSSR count). The van der Waals surface area contributed by atoms with Gasteiger partial charge in [-0.25, -0.2) is 0 Å². The summed E-state index contributed by atoms with van der Waals surface area (Å²) in [4.78, 5) is 26.4. The number of ether oxygens (including phenoxy) is 1. The summed E-state index contributed by atoms with van der Waals surface area (Å²) in [5.74, 6) is 0.536. The van der Waals surface area contributed by atoms with Gasteiger partial charge >= 0.3 is 0 Å². The Hall–Kier alpha value is -2.66. The third-order valence-electron chi connectivity index (χ3n) is 5.13. The van der Waals surface area contributed by atoms with Gasteiger partial charge in [-0.1, -0.05) is 37.3 Å². The first-order valence-corrected chi connectivity index (χ1v) is 9.99. The van der Waals surface area contributed by atoms with E-state index in [0.717, 1.165) is 13.1 Å². The van der Waals surface area contributed by atoms with Crippen molar-refractivity contribution in [2.24, 2.45) is 0 Å². The lowest BCUT2D eigenvalue weighted by Gasteiger charge is -2.28. The second kappa shape index (κ2) is 10.0. The summed E-state index contributed by atoms with van der Waals surface area (Å²) in [5.41, 5.74) is 1.89. The number of amides is 1. The molecule has 1 N–H and O–H groups in total. The predicted molar refractivity (Wildman–Crippen MR) is 110 cm³/mol. The average molecular weight is 380 g/mol. The molecule has 5 nitrogen and oxygen atoms in total. The van der Waals surface area contributed by atoms with E-state index < -0.39 is 0 Å². The third kappa shape index (κ3) is 5.42. The Morgan fingerprint density at radius 2 is 1.71 bits per heavy atom. The molecule has 28 heavy (non-hydrogen) atoms. The van der Waals surface area contributed by atoms with Crippen LogP contribution >= 0.6 is 0 Å². The molecule has 0 saturated carbocycles. The number of nitrogens with zero attached hydrogens (tertiary/aromatic N) is 1. The number of likely N-dealkylation sites (tertiary alicyclic amines) is 1. The minimum absolute atomic E-state index is 0.0391. The number of Topliss-reactive ketones (excluding diaryl/α,β-unsaturated/α-hetero) is 1. The molecule has 0 unspecified atom stereocenters. The topological polar surface area (TPSA) is 58.6 Å². The lowest BCUT2D eigenvalue weighted by molar-refractivity contribution is -0.123. The van der Waals surface area contributed by atoms with E-state index in [1.165, 1.54) is 18.4 Å². The highest BCUT2D eigenvalue weighted by atomic mass is 16.5. The van der Waals surface area contributed by atoms with Crippen LogP contribution in [0.5, 0.6) is 5.75 Å². The number of hydrogen-bond donors (Lipinski definition) is 1. The smallest absolute Gasteiger partial charge is 0.258 e. The molecule has 0 radical (unpaired) electrons. The van der Waals surface area contributed by atoms with Crippen LogP contribution in [0.3, 0.4) is 0 Å². The van der Waals surface area contributed by atoms with Crippen molar-refractivity contribution in [2.75, 3.05) is 26.2 Å². The molecule has 1 heterocycles. The summed E-state index contributed by atoms with van der Waals surface area (Å²) in [6, 6.07) is 17.4. The summed E-state index contributed by atoms with van der Waals surface area (Å²) in [6.45, 7) is 4.49. The van der Waals surface area contributed by atoms with Gasteiger partial charge in [-0.15, -0.1) is 0 Å². The van der Waals surface area contributed by atoms with Crippen molar-refractivity contribution in [1.29, 1.82) is 0 Å². The van der Waals surface area contributed by atoms with E-state index >= 15 is 0 Å². The van der Waals surface area contributed by atoms with Crippen LogP contribution in [0.4, 0.5) is 0 Å². The molecule has 0 aliphatic carbocycles. The van der Waals surface area contributed by atoms with Crippen molar-refractivity contribution >= 4 is 11.7 Å². The van der Waals surface area contributed by atoms with Gasteiger partial charge in [0.05, 0.1) is 6.04 Å². The zero-order chi connectivity index (χ0) is 19.8. The molecule has 1 saturated heterocycles. The van der Waals surface area contributed by atoms with Gasteiger partial charge in [0, 0.05) is 18.5 Å². The number of rotatable bonds is 9. The Bertz CT molecular complexity index is 768. The predicted octanol–water partition coefficient (Wildman–Crippen LogP) is 3.61. The van der Waals surface area contributed by atoms with Gasteiger partial charge in [-0.3, -0.25) is 14.5 Å². The normalized spacial score (nSPS) is 15.2. The molecule has 1 fully saturated rings. The van der Waals surface area contributed by atoms with Crippen LogP contribution in [-0.2, 0) is 4.79 Å². The Morgan fingerprint density at radius 1 is 1.04 bits per heavy atom. The Labute approximate surface area is 166 Å². The molecule has 0 aromatic heterocycles. The highest BCUT2D eigenvalue weighted by Crippen LogP contribution is 2.24. The molecular weight excluding hydrogens is 352 g/mol. The second-order valence-electron chi connectivity index (χ2n) is 7.06. The summed E-state index contributed by atoms with van der Waals surface area (Å²) < 4.78 is 5.56. The van der Waals surface area contributed by atoms with Crippen LogP contribution in [0.2, 0.25) is 0 Å². The van der Waals surface area contributed by atoms with Crippen molar-refractivity contribution in [3.63, 3.8) is 0 Å². The van der Waals surface area contributed by atoms with Crippen LogP contribution in [0.25, 0.3) is 0 Å². The lowest BCUT2D eigenvalue weighted by Crippen LogP contribution is -2.38. The monoisotopic (exact) mass is 380 g/mol. The minimum Gasteiger partial charge on any atom is -0.484 e. The highest BCUT2D eigenvalue weighted by molar-refractivity contribution is 5.95. The molecule has 2 aromatic rings. The zero-order valence-corrected chi connectivity index (χ0v) is 16.4. The molecule has 2 aromatic carbocycles. The van der Waals surface area contributed by atoms with Crippen molar-refractivity contribution in [1.82, 2.24) is 10.2 Å². The van der Waals surface area contributed by atoms with E-state index in [-0.39, 0.29) is 24.3 Å². The fourth-order valence-electron chi connectivity index (χ4n) is 3.54. The standard InChI is InChI=1S/C23H28N2O3/c1-2-22(26)19-10-12-20(13-11-19)28-17-23(27)24-16-21(25-14-6-7-15-25)18-8-4-3-5-9-18/h3-5,8-13,21H,2,6-7,14-17H2,1H3,(H,24,27)/t21-/m0/s1. The third-order valence-corrected chi connectivity index (χ3v) is 5.13. The summed E-state index contributed by atoms with van der Waals surface area (Å²) >= 11 is 0. The Balaban J connectivity index is 1.51. The Morgan fingerprint density at radius 3 is 2.36 bits per heavy atom. The van der Waals surface area contributed by atoms with Gasteiger partial charge in [-0.05, 0) is 55.8 Å². The number of ketones is 1. The number of carbonyl (C=O) groups excluding carboxylic acids is 2. The van der Waals surface area contributed by atoms with Gasteiger partial charge < -0.3 is 10.1 Å². The van der Waals surface area contributed by atoms with Crippen LogP contribution in [0.15, 0.2) is 54.6 Å². The van der Waals surface area contributed by atoms with Gasteiger partial charge in [-0.2, -0.15) is 0 Å². The van der Waals surface area contributed by atoms with Crippen molar-refractivity contribution < 1.29 is 14.3 Å². The van der Waals surface area contributed by atoms with E-state index in [4.69, 9.17) is 4.74 Å². The molecule has 1 atom stereocenters. The average Bonchev–Trinajstić information content (AvgIpc) is 3.27. The van der Waals surface area contributed by atoms with Gasteiger partial charge in [0.15, 0.2) is 12.4 Å². The number of benzene rings is 2. The van der Waals surface area contributed by atoms with Crippen molar-refractivity contribution in [3.05, 3.63) is 65.7 Å². The quantitative estimate of drug-likeness (QED) is 0.675. The van der Waals surface area contributed by atoms with E-state index in [1.807, 2.05) is 25.1 Å². The molecule has 0 bridgehead atoms. The maximum absolute atomic E-state index is 12.3. The first kappa shape index (κ1) is 20.1. The fraction of sp³-hybridized carbons (Fsp3) is 0.391. The lowest BCUT2D eigenvalue weighted by atomic mass is 10.1. The maximum Gasteiger partial charge on any atom is 0.258 e. The fourth-order valence-corrected chi connectivity index (χ4v) is 3.54. The van der Waals surface area contributed by atoms with Crippen molar-refractivity contribution in [3.8, 4) is 5.75 Å². The molecular formula is C23H28N2O3. The van der Waals surface area contributed by atoms with Crippen molar-refractivity contribution in [2.45, 2.75) is 32.2 Å². The first-order valence-electron chi connectivity index (χ1n) is 9.99. The SMILES string of the molecule is CCC(=O)c1ccc(OCC(=O)NC[C@@H](c2ccccc2)N2CCCC2)cc1. The molecule has 1 aliphatic heterocycles. The minimum atomic E-state index is -0.145. The van der Waals surface area contributed by atoms with Gasteiger partial charge in [0.2, 0.25) is 0 Å². The van der Waals surface area contributed by atoms with Crippen LogP contribution in [0.1, 0.15) is 48.1 Å². The van der Waals surface area contributed by atoms with E-state index in [0.29, 0.717) is 24.3 Å². The number of hydrogen-bond acceptors (Lipinski definition) is 4. The number of carbonyl (C=O) groups is 2. The molecule has 1 aliphatic rings. The van der Waals surface area contributed by atoms with Gasteiger partial charge in [0.25, 0.3) is 5.91 Å². The van der Waals surface area contributed by atoms with Crippen LogP contribution in [-0.4, -0.2) is 42.8 Å². The molecule has 1 amide bonds. The maximum atomic E-state index is 12.3. The summed E-state index contributed by atoms with van der Waals surface area (Å²) in [6.07, 6.45) is 2.88.